The molecule has 10 heteroatoms. The van der Waals surface area contributed by atoms with Gasteiger partial charge in [0.15, 0.2) is 0 Å². The molecule has 0 radical (unpaired) electrons. The second-order valence-corrected chi connectivity index (χ2v) is 7.53. The molecule has 2 N–H and O–H groups in total. The lowest BCUT2D eigenvalue weighted by Gasteiger charge is -2.23. The molecule has 2 amide bonds. The molecule has 1 aromatic carbocycles. The smallest absolute Gasteiger partial charge is 0.408 e. The van der Waals surface area contributed by atoms with E-state index in [1.807, 2.05) is 5.32 Å². The first-order valence-corrected chi connectivity index (χ1v) is 9.31. The van der Waals surface area contributed by atoms with Gasteiger partial charge in [-0.15, -0.1) is 0 Å². The molecule has 1 atom stereocenters. The molecule has 0 heterocycles. The summed E-state index contributed by atoms with van der Waals surface area (Å²) in [5, 5.41) is 4.21. The number of alkyl halides is 2. The van der Waals surface area contributed by atoms with Crippen LogP contribution >= 0.6 is 0 Å². The van der Waals surface area contributed by atoms with Gasteiger partial charge < -0.3 is 24.8 Å². The van der Waals surface area contributed by atoms with Crippen molar-refractivity contribution in [2.45, 2.75) is 57.8 Å². The number of amides is 2. The largest absolute Gasteiger partial charge is 0.467 e. The lowest BCUT2D eigenvalue weighted by molar-refractivity contribution is -0.143. The fourth-order valence-corrected chi connectivity index (χ4v) is 2.26. The number of ether oxygens (including phenoxy) is 3. The van der Waals surface area contributed by atoms with Crippen molar-refractivity contribution in [1.82, 2.24) is 10.6 Å². The van der Waals surface area contributed by atoms with E-state index in [9.17, 15) is 23.2 Å². The van der Waals surface area contributed by atoms with Crippen LogP contribution in [0, 0.1) is 0 Å². The SMILES string of the molecule is COC(=O)C(CCC(F)(F)CNC(=O)OC(C)(C)C)NC(=O)OCc1ccccc1. The standard InChI is InChI=1S/C20H28F2N2O6/c1-19(2,3)30-17(26)23-13-20(21,22)11-10-15(16(25)28-4)24-18(27)29-12-14-8-6-5-7-9-14/h5-9,15H,10-13H2,1-4H3,(H,23,26)(H,24,27). The van der Waals surface area contributed by atoms with Gasteiger partial charge in [-0.25, -0.2) is 23.2 Å². The highest BCUT2D eigenvalue weighted by atomic mass is 19.3. The summed E-state index contributed by atoms with van der Waals surface area (Å²) in [7, 11) is 1.08. The Morgan fingerprint density at radius 3 is 2.27 bits per heavy atom. The van der Waals surface area contributed by atoms with E-state index in [-0.39, 0.29) is 6.61 Å². The van der Waals surface area contributed by atoms with Gasteiger partial charge in [-0.1, -0.05) is 30.3 Å². The second-order valence-electron chi connectivity index (χ2n) is 7.53. The number of hydrogen-bond acceptors (Lipinski definition) is 6. The van der Waals surface area contributed by atoms with Crippen molar-refractivity contribution in [1.29, 1.82) is 0 Å². The van der Waals surface area contributed by atoms with E-state index in [1.54, 1.807) is 51.1 Å². The fraction of sp³-hybridized carbons (Fsp3) is 0.550. The molecular formula is C20H28F2N2O6. The Bertz CT molecular complexity index is 707. The Hall–Kier alpha value is -2.91. The average molecular weight is 430 g/mol. The molecule has 0 saturated carbocycles. The second kappa shape index (κ2) is 11.3. The first-order chi connectivity index (χ1) is 13.9. The van der Waals surface area contributed by atoms with Crippen LogP contribution in [0.2, 0.25) is 0 Å². The molecule has 168 valence electrons. The Balaban J connectivity index is 2.53. The summed E-state index contributed by atoms with van der Waals surface area (Å²) >= 11 is 0. The van der Waals surface area contributed by atoms with Crippen LogP contribution in [-0.2, 0) is 25.6 Å². The van der Waals surface area contributed by atoms with E-state index in [0.29, 0.717) is 0 Å². The zero-order valence-electron chi connectivity index (χ0n) is 17.5. The number of carbonyl (C=O) groups is 3. The monoisotopic (exact) mass is 430 g/mol. The molecule has 1 rings (SSSR count). The van der Waals surface area contributed by atoms with Gasteiger partial charge >= 0.3 is 18.2 Å². The minimum atomic E-state index is -3.33. The number of benzene rings is 1. The van der Waals surface area contributed by atoms with Crippen molar-refractivity contribution in [2.24, 2.45) is 0 Å². The van der Waals surface area contributed by atoms with Crippen LogP contribution in [0.5, 0.6) is 0 Å². The number of alkyl carbamates (subject to hydrolysis) is 2. The van der Waals surface area contributed by atoms with Crippen LogP contribution < -0.4 is 10.6 Å². The van der Waals surface area contributed by atoms with Crippen LogP contribution in [0.1, 0.15) is 39.2 Å². The van der Waals surface area contributed by atoms with Crippen LogP contribution in [0.3, 0.4) is 0 Å². The molecule has 0 saturated heterocycles. The third kappa shape index (κ3) is 10.6. The molecule has 8 nitrogen and oxygen atoms in total. The Labute approximate surface area is 174 Å². The molecule has 0 aliphatic heterocycles. The average Bonchev–Trinajstić information content (AvgIpc) is 2.67. The Morgan fingerprint density at radius 1 is 1.07 bits per heavy atom. The highest BCUT2D eigenvalue weighted by molar-refractivity contribution is 5.81. The third-order valence-electron chi connectivity index (χ3n) is 3.68. The predicted molar refractivity (Wildman–Crippen MR) is 104 cm³/mol. The quantitative estimate of drug-likeness (QED) is 0.460. The number of halogens is 2. The van der Waals surface area contributed by atoms with Gasteiger partial charge in [-0.2, -0.15) is 0 Å². The van der Waals surface area contributed by atoms with Crippen LogP contribution in [-0.4, -0.2) is 49.4 Å². The summed E-state index contributed by atoms with van der Waals surface area (Å²) in [4.78, 5) is 35.3. The van der Waals surface area contributed by atoms with Gasteiger partial charge in [0, 0.05) is 6.42 Å². The number of esters is 1. The van der Waals surface area contributed by atoms with E-state index in [1.165, 1.54) is 0 Å². The lowest BCUT2D eigenvalue weighted by Crippen LogP contribution is -2.44. The first-order valence-electron chi connectivity index (χ1n) is 9.31. The normalized spacial score (nSPS) is 12.5. The Morgan fingerprint density at radius 2 is 1.70 bits per heavy atom. The number of methoxy groups -OCH3 is 1. The maximum absolute atomic E-state index is 14.1. The first kappa shape index (κ1) is 25.1. The molecule has 0 bridgehead atoms. The van der Waals surface area contributed by atoms with Crippen LogP contribution in [0.4, 0.5) is 18.4 Å². The van der Waals surface area contributed by atoms with E-state index >= 15 is 0 Å². The van der Waals surface area contributed by atoms with Crippen molar-refractivity contribution in [3.63, 3.8) is 0 Å². The molecule has 0 aliphatic rings. The fourth-order valence-electron chi connectivity index (χ4n) is 2.26. The van der Waals surface area contributed by atoms with E-state index < -0.39 is 55.1 Å². The van der Waals surface area contributed by atoms with Crippen molar-refractivity contribution >= 4 is 18.2 Å². The lowest BCUT2D eigenvalue weighted by atomic mass is 10.1. The van der Waals surface area contributed by atoms with Gasteiger partial charge in [0.1, 0.15) is 18.2 Å². The summed E-state index contributed by atoms with van der Waals surface area (Å²) < 4.78 is 42.6. The number of carbonyl (C=O) groups excluding carboxylic acids is 3. The third-order valence-corrected chi connectivity index (χ3v) is 3.68. The summed E-state index contributed by atoms with van der Waals surface area (Å²) in [5.74, 6) is -4.22. The topological polar surface area (TPSA) is 103 Å². The van der Waals surface area contributed by atoms with E-state index in [2.05, 4.69) is 10.1 Å². The highest BCUT2D eigenvalue weighted by Gasteiger charge is 2.33. The minimum absolute atomic E-state index is 0.0451. The maximum Gasteiger partial charge on any atom is 0.408 e. The zero-order valence-corrected chi connectivity index (χ0v) is 17.5. The van der Waals surface area contributed by atoms with Gasteiger partial charge in [-0.05, 0) is 32.8 Å². The zero-order chi connectivity index (χ0) is 22.8. The number of rotatable bonds is 9. The maximum atomic E-state index is 14.1. The van der Waals surface area contributed by atoms with Crippen molar-refractivity contribution < 1.29 is 37.4 Å². The van der Waals surface area contributed by atoms with Crippen molar-refractivity contribution in [2.75, 3.05) is 13.7 Å². The molecule has 0 aromatic heterocycles. The highest BCUT2D eigenvalue weighted by Crippen LogP contribution is 2.21. The summed E-state index contributed by atoms with van der Waals surface area (Å²) in [6.07, 6.45) is -3.13. The van der Waals surface area contributed by atoms with Gasteiger partial charge in [-0.3, -0.25) is 0 Å². The molecule has 0 spiro atoms. The summed E-state index contributed by atoms with van der Waals surface area (Å²) in [6, 6.07) is 7.48. The predicted octanol–water partition coefficient (Wildman–Crippen LogP) is 3.39. The van der Waals surface area contributed by atoms with Crippen molar-refractivity contribution in [3.8, 4) is 0 Å². The summed E-state index contributed by atoms with van der Waals surface area (Å²) in [6.45, 7) is 3.79. The molecule has 1 aromatic rings. The van der Waals surface area contributed by atoms with Gasteiger partial charge in [0.05, 0.1) is 13.7 Å². The molecule has 0 aliphatic carbocycles. The summed E-state index contributed by atoms with van der Waals surface area (Å²) in [5.41, 5.74) is -0.0960. The number of nitrogens with one attached hydrogen (secondary N) is 2. The number of hydrogen-bond donors (Lipinski definition) is 2. The van der Waals surface area contributed by atoms with Gasteiger partial charge in [0.25, 0.3) is 5.92 Å². The van der Waals surface area contributed by atoms with E-state index in [0.717, 1.165) is 12.7 Å². The minimum Gasteiger partial charge on any atom is -0.467 e. The molecular weight excluding hydrogens is 402 g/mol. The molecule has 0 fully saturated rings. The van der Waals surface area contributed by atoms with Crippen LogP contribution in [0.25, 0.3) is 0 Å². The van der Waals surface area contributed by atoms with E-state index in [4.69, 9.17) is 9.47 Å². The molecule has 30 heavy (non-hydrogen) atoms. The van der Waals surface area contributed by atoms with Gasteiger partial charge in [0.2, 0.25) is 0 Å². The van der Waals surface area contributed by atoms with Crippen LogP contribution in [0.15, 0.2) is 30.3 Å². The Kier molecular flexibility index (Phi) is 9.48. The van der Waals surface area contributed by atoms with Crippen molar-refractivity contribution in [3.05, 3.63) is 35.9 Å². The molecule has 1 unspecified atom stereocenters.